The van der Waals surface area contributed by atoms with Crippen molar-refractivity contribution in [3.63, 3.8) is 0 Å². The smallest absolute Gasteiger partial charge is 0.228 e. The van der Waals surface area contributed by atoms with E-state index >= 15 is 0 Å². The standard InChI is InChI=1S/C24H31N3O2S/c1-3-12-26-13-10-18(11-14-26)25-24(29)20-16-22(28)27(19-8-6-17(2)7-9-19)23(20)21-5-4-15-30-21/h4-9,15,18,20,23H,3,10-14,16H2,1-2H3,(H,25,29). The van der Waals surface area contributed by atoms with Crippen LogP contribution >= 0.6 is 11.3 Å². The van der Waals surface area contributed by atoms with Crippen LogP contribution in [0.1, 0.15) is 49.1 Å². The summed E-state index contributed by atoms with van der Waals surface area (Å²) in [5.74, 6) is -0.313. The lowest BCUT2D eigenvalue weighted by Gasteiger charge is -2.33. The quantitative estimate of drug-likeness (QED) is 0.757. The van der Waals surface area contributed by atoms with Crippen molar-refractivity contribution >= 4 is 28.8 Å². The van der Waals surface area contributed by atoms with E-state index in [1.54, 1.807) is 11.3 Å². The van der Waals surface area contributed by atoms with Crippen LogP contribution in [-0.2, 0) is 9.59 Å². The average molecular weight is 426 g/mol. The molecule has 2 fully saturated rings. The Morgan fingerprint density at radius 3 is 2.53 bits per heavy atom. The highest BCUT2D eigenvalue weighted by Crippen LogP contribution is 2.43. The zero-order valence-electron chi connectivity index (χ0n) is 17.8. The zero-order chi connectivity index (χ0) is 21.1. The van der Waals surface area contributed by atoms with E-state index in [1.165, 1.54) is 6.42 Å². The van der Waals surface area contributed by atoms with Crippen molar-refractivity contribution in [2.45, 2.75) is 51.6 Å². The number of thiophene rings is 1. The van der Waals surface area contributed by atoms with Crippen molar-refractivity contribution in [3.8, 4) is 0 Å². The first-order chi connectivity index (χ1) is 14.6. The maximum absolute atomic E-state index is 13.3. The molecule has 2 aliphatic rings. The molecule has 2 unspecified atom stereocenters. The van der Waals surface area contributed by atoms with Crippen molar-refractivity contribution in [1.29, 1.82) is 0 Å². The van der Waals surface area contributed by atoms with Gasteiger partial charge in [0.1, 0.15) is 0 Å². The number of carbonyl (C=O) groups excluding carboxylic acids is 2. The number of amides is 2. The predicted octanol–water partition coefficient (Wildman–Crippen LogP) is 4.14. The lowest BCUT2D eigenvalue weighted by atomic mass is 9.96. The van der Waals surface area contributed by atoms with Gasteiger partial charge < -0.3 is 15.1 Å². The van der Waals surface area contributed by atoms with Crippen LogP contribution in [0.15, 0.2) is 41.8 Å². The zero-order valence-corrected chi connectivity index (χ0v) is 18.7. The summed E-state index contributed by atoms with van der Waals surface area (Å²) >= 11 is 1.62. The number of hydrogen-bond acceptors (Lipinski definition) is 4. The first-order valence-corrected chi connectivity index (χ1v) is 11.9. The maximum atomic E-state index is 13.3. The van der Waals surface area contributed by atoms with E-state index in [0.717, 1.165) is 48.6 Å². The molecule has 160 valence electrons. The van der Waals surface area contributed by atoms with Gasteiger partial charge in [0.25, 0.3) is 0 Å². The van der Waals surface area contributed by atoms with Gasteiger partial charge in [-0.15, -0.1) is 11.3 Å². The topological polar surface area (TPSA) is 52.7 Å². The van der Waals surface area contributed by atoms with Crippen LogP contribution in [-0.4, -0.2) is 42.4 Å². The van der Waals surface area contributed by atoms with E-state index in [-0.39, 0.29) is 36.2 Å². The van der Waals surface area contributed by atoms with Crippen LogP contribution in [0.25, 0.3) is 0 Å². The third kappa shape index (κ3) is 4.44. The Kier molecular flexibility index (Phi) is 6.54. The van der Waals surface area contributed by atoms with Crippen LogP contribution < -0.4 is 10.2 Å². The van der Waals surface area contributed by atoms with Crippen molar-refractivity contribution in [1.82, 2.24) is 10.2 Å². The summed E-state index contributed by atoms with van der Waals surface area (Å²) in [5, 5.41) is 5.29. The highest BCUT2D eigenvalue weighted by molar-refractivity contribution is 7.10. The first-order valence-electron chi connectivity index (χ1n) is 11.0. The number of nitrogens with zero attached hydrogens (tertiary/aromatic N) is 2. The molecule has 0 saturated carbocycles. The summed E-state index contributed by atoms with van der Waals surface area (Å²) in [6.07, 6.45) is 3.39. The van der Waals surface area contributed by atoms with Crippen LogP contribution in [0.5, 0.6) is 0 Å². The van der Waals surface area contributed by atoms with Crippen LogP contribution in [0.2, 0.25) is 0 Å². The molecule has 4 rings (SSSR count). The van der Waals surface area contributed by atoms with Gasteiger partial charge in [-0.25, -0.2) is 0 Å². The van der Waals surface area contributed by atoms with Gasteiger partial charge in [0, 0.05) is 36.1 Å². The summed E-state index contributed by atoms with van der Waals surface area (Å²) in [4.78, 5) is 31.7. The minimum Gasteiger partial charge on any atom is -0.353 e. The Bertz CT molecular complexity index is 857. The van der Waals surface area contributed by atoms with E-state index in [1.807, 2.05) is 53.6 Å². The molecule has 6 heteroatoms. The highest BCUT2D eigenvalue weighted by Gasteiger charge is 2.46. The van der Waals surface area contributed by atoms with E-state index in [9.17, 15) is 9.59 Å². The Balaban J connectivity index is 1.51. The van der Waals surface area contributed by atoms with Gasteiger partial charge in [-0.1, -0.05) is 30.7 Å². The van der Waals surface area contributed by atoms with Crippen molar-refractivity contribution in [3.05, 3.63) is 52.2 Å². The second kappa shape index (κ2) is 9.31. The number of carbonyl (C=O) groups is 2. The summed E-state index contributed by atoms with van der Waals surface area (Å²) in [6, 6.07) is 12.0. The number of nitrogens with one attached hydrogen (secondary N) is 1. The lowest BCUT2D eigenvalue weighted by molar-refractivity contribution is -0.127. The average Bonchev–Trinajstić information content (AvgIpc) is 3.38. The van der Waals surface area contributed by atoms with Gasteiger partial charge in [0.15, 0.2) is 0 Å². The molecule has 30 heavy (non-hydrogen) atoms. The summed E-state index contributed by atoms with van der Waals surface area (Å²) in [5.41, 5.74) is 2.02. The fourth-order valence-electron chi connectivity index (χ4n) is 4.69. The number of rotatable bonds is 6. The van der Waals surface area contributed by atoms with Gasteiger partial charge in [0.2, 0.25) is 11.8 Å². The fourth-order valence-corrected chi connectivity index (χ4v) is 5.57. The molecule has 1 aromatic heterocycles. The normalized spacial score (nSPS) is 23.1. The molecule has 1 N–H and O–H groups in total. The minimum atomic E-state index is -0.355. The largest absolute Gasteiger partial charge is 0.353 e. The maximum Gasteiger partial charge on any atom is 0.228 e. The highest BCUT2D eigenvalue weighted by atomic mass is 32.1. The number of aryl methyl sites for hydroxylation is 1. The van der Waals surface area contributed by atoms with E-state index < -0.39 is 0 Å². The Morgan fingerprint density at radius 1 is 1.17 bits per heavy atom. The van der Waals surface area contributed by atoms with E-state index in [0.29, 0.717) is 0 Å². The second-order valence-corrected chi connectivity index (χ2v) is 9.47. The molecular weight excluding hydrogens is 394 g/mol. The third-order valence-corrected chi connectivity index (χ3v) is 7.22. The number of likely N-dealkylation sites (tertiary alicyclic amines) is 1. The van der Waals surface area contributed by atoms with E-state index in [4.69, 9.17) is 0 Å². The molecule has 3 heterocycles. The SMILES string of the molecule is CCCN1CCC(NC(=O)C2CC(=O)N(c3ccc(C)cc3)C2c2cccs2)CC1. The molecule has 2 aromatic rings. The van der Waals surface area contributed by atoms with Crippen LogP contribution in [0, 0.1) is 12.8 Å². The third-order valence-electron chi connectivity index (χ3n) is 6.28. The van der Waals surface area contributed by atoms with Crippen LogP contribution in [0.3, 0.4) is 0 Å². The number of piperidine rings is 1. The summed E-state index contributed by atoms with van der Waals surface area (Å²) in [6.45, 7) is 7.44. The molecule has 2 saturated heterocycles. The molecule has 1 aromatic carbocycles. The monoisotopic (exact) mass is 425 g/mol. The van der Waals surface area contributed by atoms with Gasteiger partial charge in [-0.05, 0) is 56.3 Å². The van der Waals surface area contributed by atoms with Crippen molar-refractivity contribution in [2.75, 3.05) is 24.5 Å². The summed E-state index contributed by atoms with van der Waals surface area (Å²) in [7, 11) is 0. The molecule has 0 radical (unpaired) electrons. The molecule has 0 bridgehead atoms. The molecular formula is C24H31N3O2S. The number of benzene rings is 1. The van der Waals surface area contributed by atoms with Gasteiger partial charge in [0.05, 0.1) is 12.0 Å². The molecule has 0 aliphatic carbocycles. The minimum absolute atomic E-state index is 0.0188. The first kappa shape index (κ1) is 21.1. The molecule has 2 amide bonds. The van der Waals surface area contributed by atoms with Crippen molar-refractivity contribution in [2.24, 2.45) is 5.92 Å². The number of anilines is 1. The number of hydrogen-bond donors (Lipinski definition) is 1. The molecule has 5 nitrogen and oxygen atoms in total. The Morgan fingerprint density at radius 2 is 1.90 bits per heavy atom. The Hall–Kier alpha value is -2.18. The van der Waals surface area contributed by atoms with Gasteiger partial charge in [-0.3, -0.25) is 9.59 Å². The van der Waals surface area contributed by atoms with Crippen LogP contribution in [0.4, 0.5) is 5.69 Å². The van der Waals surface area contributed by atoms with Gasteiger partial charge in [-0.2, -0.15) is 0 Å². The molecule has 0 spiro atoms. The summed E-state index contributed by atoms with van der Waals surface area (Å²) < 4.78 is 0. The second-order valence-electron chi connectivity index (χ2n) is 8.49. The predicted molar refractivity (Wildman–Crippen MR) is 122 cm³/mol. The van der Waals surface area contributed by atoms with Crippen molar-refractivity contribution < 1.29 is 9.59 Å². The van der Waals surface area contributed by atoms with E-state index in [2.05, 4.69) is 17.1 Å². The van der Waals surface area contributed by atoms with Gasteiger partial charge >= 0.3 is 0 Å². The molecule has 2 aliphatic heterocycles. The molecule has 2 atom stereocenters. The fraction of sp³-hybridized carbons (Fsp3) is 0.500. The lowest BCUT2D eigenvalue weighted by Crippen LogP contribution is -2.47. The Labute approximate surface area is 183 Å².